The van der Waals surface area contributed by atoms with Gasteiger partial charge in [0.15, 0.2) is 5.69 Å². The highest BCUT2D eigenvalue weighted by Gasteiger charge is 2.33. The monoisotopic (exact) mass is 325 g/mol. The number of halogens is 3. The number of nitrogens with zero attached hydrogens (tertiary/aromatic N) is 2. The molecule has 2 aromatic rings. The number of aryl methyl sites for hydroxylation is 1. The molecule has 0 aliphatic carbocycles. The number of amides is 1. The van der Waals surface area contributed by atoms with Crippen molar-refractivity contribution >= 4 is 5.91 Å². The normalized spacial score (nSPS) is 11.4. The fourth-order valence-corrected chi connectivity index (χ4v) is 2.13. The van der Waals surface area contributed by atoms with Crippen LogP contribution in [0.15, 0.2) is 42.6 Å². The summed E-state index contributed by atoms with van der Waals surface area (Å²) in [5.74, 6) is -0.107. The van der Waals surface area contributed by atoms with E-state index in [1.807, 2.05) is 30.3 Å². The Kier molecular flexibility index (Phi) is 5.78. The molecule has 1 aromatic carbocycles. The van der Waals surface area contributed by atoms with Gasteiger partial charge in [-0.05, 0) is 24.5 Å². The summed E-state index contributed by atoms with van der Waals surface area (Å²) >= 11 is 0. The Morgan fingerprint density at radius 2 is 1.91 bits per heavy atom. The Morgan fingerprint density at radius 1 is 1.17 bits per heavy atom. The second-order valence-electron chi connectivity index (χ2n) is 5.15. The molecule has 0 aliphatic heterocycles. The van der Waals surface area contributed by atoms with Crippen molar-refractivity contribution in [3.8, 4) is 0 Å². The summed E-state index contributed by atoms with van der Waals surface area (Å²) in [5, 5.41) is 6.10. The average Bonchev–Trinajstić information content (AvgIpc) is 2.97. The maximum atomic E-state index is 12.4. The minimum absolute atomic E-state index is 0.107. The highest BCUT2D eigenvalue weighted by atomic mass is 19.4. The van der Waals surface area contributed by atoms with E-state index in [9.17, 15) is 18.0 Å². The van der Waals surface area contributed by atoms with E-state index in [0.717, 1.165) is 18.9 Å². The first-order chi connectivity index (χ1) is 10.9. The molecular weight excluding hydrogens is 307 g/mol. The first-order valence-corrected chi connectivity index (χ1v) is 7.36. The van der Waals surface area contributed by atoms with Crippen LogP contribution in [0, 0.1) is 0 Å². The van der Waals surface area contributed by atoms with Gasteiger partial charge in [-0.15, -0.1) is 0 Å². The second-order valence-corrected chi connectivity index (χ2v) is 5.15. The third-order valence-corrected chi connectivity index (χ3v) is 3.31. The van der Waals surface area contributed by atoms with Crippen LogP contribution in [0.25, 0.3) is 0 Å². The molecule has 2 rings (SSSR count). The van der Waals surface area contributed by atoms with E-state index in [2.05, 4.69) is 10.4 Å². The van der Waals surface area contributed by atoms with Gasteiger partial charge in [-0.2, -0.15) is 18.3 Å². The number of rotatable bonds is 7. The van der Waals surface area contributed by atoms with E-state index < -0.39 is 11.9 Å². The first-order valence-electron chi connectivity index (χ1n) is 7.36. The zero-order chi connectivity index (χ0) is 16.7. The van der Waals surface area contributed by atoms with Gasteiger partial charge in [0.1, 0.15) is 0 Å². The van der Waals surface area contributed by atoms with E-state index >= 15 is 0 Å². The molecule has 1 heterocycles. The van der Waals surface area contributed by atoms with Crippen molar-refractivity contribution in [2.45, 2.75) is 32.0 Å². The van der Waals surface area contributed by atoms with Crippen LogP contribution in [0.4, 0.5) is 13.2 Å². The molecular formula is C16H18F3N3O. The molecule has 1 N–H and O–H groups in total. The van der Waals surface area contributed by atoms with Crippen LogP contribution in [0.5, 0.6) is 0 Å². The SMILES string of the molecule is O=C(CCCc1ccccc1)NCCn1ccc(C(F)(F)F)n1. The van der Waals surface area contributed by atoms with Gasteiger partial charge in [0.05, 0.1) is 6.54 Å². The van der Waals surface area contributed by atoms with Crippen LogP contribution < -0.4 is 5.32 Å². The van der Waals surface area contributed by atoms with E-state index in [0.29, 0.717) is 6.42 Å². The molecule has 4 nitrogen and oxygen atoms in total. The molecule has 0 fully saturated rings. The molecule has 0 aliphatic rings. The number of hydrogen-bond donors (Lipinski definition) is 1. The van der Waals surface area contributed by atoms with Gasteiger partial charge >= 0.3 is 6.18 Å². The Bertz CT molecular complexity index is 623. The molecule has 1 aromatic heterocycles. The summed E-state index contributed by atoms with van der Waals surface area (Å²) in [6.45, 7) is 0.462. The second kappa shape index (κ2) is 7.80. The minimum atomic E-state index is -4.44. The van der Waals surface area contributed by atoms with Crippen LogP contribution in [0.3, 0.4) is 0 Å². The van der Waals surface area contributed by atoms with Crippen LogP contribution in [0.1, 0.15) is 24.1 Å². The van der Waals surface area contributed by atoms with Gasteiger partial charge < -0.3 is 5.32 Å². The predicted molar refractivity (Wildman–Crippen MR) is 79.6 cm³/mol. The molecule has 124 valence electrons. The number of hydrogen-bond acceptors (Lipinski definition) is 2. The molecule has 0 saturated heterocycles. The van der Waals surface area contributed by atoms with Crippen molar-refractivity contribution in [3.63, 3.8) is 0 Å². The van der Waals surface area contributed by atoms with Gasteiger partial charge in [-0.3, -0.25) is 9.48 Å². The maximum Gasteiger partial charge on any atom is 0.435 e. The summed E-state index contributed by atoms with van der Waals surface area (Å²) in [6, 6.07) is 10.8. The van der Waals surface area contributed by atoms with E-state index in [1.165, 1.54) is 16.4 Å². The molecule has 0 spiro atoms. The van der Waals surface area contributed by atoms with Crippen LogP contribution in [0.2, 0.25) is 0 Å². The van der Waals surface area contributed by atoms with Crippen molar-refractivity contribution in [2.75, 3.05) is 6.54 Å². The van der Waals surface area contributed by atoms with Crippen molar-refractivity contribution in [3.05, 3.63) is 53.9 Å². The van der Waals surface area contributed by atoms with Crippen molar-refractivity contribution in [2.24, 2.45) is 0 Å². The molecule has 0 saturated carbocycles. The van der Waals surface area contributed by atoms with Crippen molar-refractivity contribution < 1.29 is 18.0 Å². The van der Waals surface area contributed by atoms with Crippen LogP contribution in [-0.4, -0.2) is 22.2 Å². The summed E-state index contributed by atoms with van der Waals surface area (Å²) in [4.78, 5) is 11.7. The van der Waals surface area contributed by atoms with E-state index in [4.69, 9.17) is 0 Å². The molecule has 0 bridgehead atoms. The zero-order valence-electron chi connectivity index (χ0n) is 12.5. The largest absolute Gasteiger partial charge is 0.435 e. The average molecular weight is 325 g/mol. The fraction of sp³-hybridized carbons (Fsp3) is 0.375. The smallest absolute Gasteiger partial charge is 0.354 e. The quantitative estimate of drug-likeness (QED) is 0.850. The van der Waals surface area contributed by atoms with E-state index in [1.54, 1.807) is 0 Å². The van der Waals surface area contributed by atoms with Crippen LogP contribution in [-0.2, 0) is 23.9 Å². The van der Waals surface area contributed by atoms with Crippen molar-refractivity contribution in [1.82, 2.24) is 15.1 Å². The number of alkyl halides is 3. The number of aromatic nitrogens is 2. The Balaban J connectivity index is 1.64. The molecule has 0 atom stereocenters. The van der Waals surface area contributed by atoms with Crippen LogP contribution >= 0.6 is 0 Å². The first kappa shape index (κ1) is 17.1. The van der Waals surface area contributed by atoms with Gasteiger partial charge in [0.2, 0.25) is 5.91 Å². The molecule has 23 heavy (non-hydrogen) atoms. The van der Waals surface area contributed by atoms with E-state index in [-0.39, 0.29) is 19.0 Å². The lowest BCUT2D eigenvalue weighted by atomic mass is 10.1. The van der Waals surface area contributed by atoms with Gasteiger partial charge in [0.25, 0.3) is 0 Å². The lowest BCUT2D eigenvalue weighted by Crippen LogP contribution is -2.27. The highest BCUT2D eigenvalue weighted by molar-refractivity contribution is 5.75. The molecule has 7 heteroatoms. The third-order valence-electron chi connectivity index (χ3n) is 3.31. The summed E-state index contributed by atoms with van der Waals surface area (Å²) < 4.78 is 38.3. The molecule has 0 radical (unpaired) electrons. The van der Waals surface area contributed by atoms with Gasteiger partial charge in [-0.1, -0.05) is 30.3 Å². The highest BCUT2D eigenvalue weighted by Crippen LogP contribution is 2.27. The Morgan fingerprint density at radius 3 is 2.57 bits per heavy atom. The van der Waals surface area contributed by atoms with Gasteiger partial charge in [0, 0.05) is 19.2 Å². The van der Waals surface area contributed by atoms with Crippen molar-refractivity contribution in [1.29, 1.82) is 0 Å². The fourth-order valence-electron chi connectivity index (χ4n) is 2.13. The maximum absolute atomic E-state index is 12.4. The molecule has 1 amide bonds. The summed E-state index contributed by atoms with van der Waals surface area (Å²) in [7, 11) is 0. The predicted octanol–water partition coefficient (Wildman–Crippen LogP) is 3.04. The number of nitrogens with one attached hydrogen (secondary N) is 1. The summed E-state index contributed by atoms with van der Waals surface area (Å²) in [6.07, 6.45) is -1.24. The topological polar surface area (TPSA) is 46.9 Å². The lowest BCUT2D eigenvalue weighted by Gasteiger charge is -2.06. The lowest BCUT2D eigenvalue weighted by molar-refractivity contribution is -0.141. The Labute approximate surface area is 132 Å². The standard InChI is InChI=1S/C16H18F3N3O/c17-16(18,19)14-9-11-22(21-14)12-10-20-15(23)8-4-7-13-5-2-1-3-6-13/h1-3,5-6,9,11H,4,7-8,10,12H2,(H,20,23). The summed E-state index contributed by atoms with van der Waals surface area (Å²) in [5.41, 5.74) is 0.253. The zero-order valence-corrected chi connectivity index (χ0v) is 12.5. The number of carbonyl (C=O) groups is 1. The third kappa shape index (κ3) is 5.77. The van der Waals surface area contributed by atoms with Gasteiger partial charge in [-0.25, -0.2) is 0 Å². The Hall–Kier alpha value is -2.31. The molecule has 0 unspecified atom stereocenters. The number of benzene rings is 1. The number of carbonyl (C=O) groups excluding carboxylic acids is 1. The minimum Gasteiger partial charge on any atom is -0.354 e.